The number of likely N-dealkylation sites (tertiary alicyclic amines) is 1. The van der Waals surface area contributed by atoms with Crippen LogP contribution in [-0.4, -0.2) is 40.5 Å². The van der Waals surface area contributed by atoms with Crippen LogP contribution in [0.2, 0.25) is 0 Å². The van der Waals surface area contributed by atoms with Gasteiger partial charge in [-0.05, 0) is 32.0 Å². The summed E-state index contributed by atoms with van der Waals surface area (Å²) in [4.78, 5) is 10.8. The fourth-order valence-corrected chi connectivity index (χ4v) is 2.37. The van der Waals surface area contributed by atoms with Gasteiger partial charge in [-0.15, -0.1) is 0 Å². The zero-order valence-corrected chi connectivity index (χ0v) is 10.4. The molecule has 1 aromatic rings. The summed E-state index contributed by atoms with van der Waals surface area (Å²) in [5.74, 6) is 1.14. The first kappa shape index (κ1) is 12.1. The minimum atomic E-state index is 0.512. The molecule has 5 heteroatoms. The van der Waals surface area contributed by atoms with Crippen molar-refractivity contribution in [1.82, 2.24) is 14.9 Å². The summed E-state index contributed by atoms with van der Waals surface area (Å²) >= 11 is 0. The van der Waals surface area contributed by atoms with E-state index >= 15 is 0 Å². The van der Waals surface area contributed by atoms with E-state index in [1.165, 1.54) is 25.8 Å². The summed E-state index contributed by atoms with van der Waals surface area (Å²) in [5.41, 5.74) is 5.62. The van der Waals surface area contributed by atoms with E-state index in [9.17, 15) is 0 Å². The van der Waals surface area contributed by atoms with Gasteiger partial charge >= 0.3 is 0 Å². The van der Waals surface area contributed by atoms with Crippen LogP contribution < -0.4 is 11.1 Å². The van der Waals surface area contributed by atoms with Gasteiger partial charge in [-0.1, -0.05) is 13.3 Å². The molecule has 5 nitrogen and oxygen atoms in total. The lowest BCUT2D eigenvalue weighted by Crippen LogP contribution is -2.43. The summed E-state index contributed by atoms with van der Waals surface area (Å²) in [6, 6.07) is 2.29. The highest BCUT2D eigenvalue weighted by molar-refractivity contribution is 5.35. The van der Waals surface area contributed by atoms with Crippen molar-refractivity contribution in [2.24, 2.45) is 0 Å². The number of likely N-dealkylation sites (N-methyl/N-ethyl adjacent to an activating group) is 1. The standard InChI is InChI=1S/C12H21N5/c1-2-17-8-4-3-5-10(17)9-15-12-14-7-6-11(13)16-12/h6-7,10H,2-5,8-9H2,1H3,(H3,13,14,15,16). The molecule has 0 saturated carbocycles. The normalized spacial score (nSPS) is 21.4. The van der Waals surface area contributed by atoms with E-state index < -0.39 is 0 Å². The summed E-state index contributed by atoms with van der Waals surface area (Å²) in [6.45, 7) is 5.44. The number of piperidine rings is 1. The molecule has 1 saturated heterocycles. The van der Waals surface area contributed by atoms with Crippen LogP contribution in [0.25, 0.3) is 0 Å². The second-order valence-corrected chi connectivity index (χ2v) is 4.46. The Kier molecular flexibility index (Phi) is 4.14. The van der Waals surface area contributed by atoms with Crippen molar-refractivity contribution in [2.45, 2.75) is 32.2 Å². The van der Waals surface area contributed by atoms with E-state index in [2.05, 4.69) is 27.1 Å². The van der Waals surface area contributed by atoms with Crippen LogP contribution in [0.15, 0.2) is 12.3 Å². The molecule has 0 spiro atoms. The number of aromatic nitrogens is 2. The average Bonchev–Trinajstić information content (AvgIpc) is 2.37. The van der Waals surface area contributed by atoms with E-state index in [0.717, 1.165) is 13.1 Å². The molecule has 17 heavy (non-hydrogen) atoms. The Hall–Kier alpha value is -1.36. The first-order valence-corrected chi connectivity index (χ1v) is 6.36. The second-order valence-electron chi connectivity index (χ2n) is 4.46. The maximum Gasteiger partial charge on any atom is 0.224 e. The van der Waals surface area contributed by atoms with Crippen LogP contribution in [0.1, 0.15) is 26.2 Å². The Balaban J connectivity index is 1.88. The van der Waals surface area contributed by atoms with Crippen molar-refractivity contribution in [3.05, 3.63) is 12.3 Å². The zero-order valence-electron chi connectivity index (χ0n) is 10.4. The van der Waals surface area contributed by atoms with Gasteiger partial charge in [-0.3, -0.25) is 4.90 Å². The van der Waals surface area contributed by atoms with Crippen molar-refractivity contribution >= 4 is 11.8 Å². The van der Waals surface area contributed by atoms with Crippen LogP contribution in [0.4, 0.5) is 11.8 Å². The number of anilines is 2. The molecule has 3 N–H and O–H groups in total. The van der Waals surface area contributed by atoms with Crippen molar-refractivity contribution in [2.75, 3.05) is 30.7 Å². The quantitative estimate of drug-likeness (QED) is 0.824. The highest BCUT2D eigenvalue weighted by Gasteiger charge is 2.20. The number of rotatable bonds is 4. The third-order valence-electron chi connectivity index (χ3n) is 3.33. The molecular weight excluding hydrogens is 214 g/mol. The fourth-order valence-electron chi connectivity index (χ4n) is 2.37. The fraction of sp³-hybridized carbons (Fsp3) is 0.667. The van der Waals surface area contributed by atoms with E-state index in [-0.39, 0.29) is 0 Å². The van der Waals surface area contributed by atoms with E-state index in [1.807, 2.05) is 0 Å². The van der Waals surface area contributed by atoms with Crippen LogP contribution in [-0.2, 0) is 0 Å². The molecule has 1 aliphatic heterocycles. The summed E-state index contributed by atoms with van der Waals surface area (Å²) in [5, 5.41) is 3.28. The van der Waals surface area contributed by atoms with Gasteiger partial charge in [-0.25, -0.2) is 4.98 Å². The van der Waals surface area contributed by atoms with Crippen molar-refractivity contribution in [3.63, 3.8) is 0 Å². The van der Waals surface area contributed by atoms with E-state index in [4.69, 9.17) is 5.73 Å². The first-order chi connectivity index (χ1) is 8.29. The van der Waals surface area contributed by atoms with Crippen molar-refractivity contribution in [3.8, 4) is 0 Å². The molecule has 0 aliphatic carbocycles. The lowest BCUT2D eigenvalue weighted by molar-refractivity contribution is 0.164. The van der Waals surface area contributed by atoms with Gasteiger partial charge < -0.3 is 11.1 Å². The van der Waals surface area contributed by atoms with Crippen LogP contribution in [0.5, 0.6) is 0 Å². The van der Waals surface area contributed by atoms with Crippen molar-refractivity contribution < 1.29 is 0 Å². The van der Waals surface area contributed by atoms with Crippen LogP contribution in [0, 0.1) is 0 Å². The number of nitrogens with zero attached hydrogens (tertiary/aromatic N) is 3. The monoisotopic (exact) mass is 235 g/mol. The van der Waals surface area contributed by atoms with Crippen molar-refractivity contribution in [1.29, 1.82) is 0 Å². The molecule has 2 heterocycles. The molecule has 0 radical (unpaired) electrons. The van der Waals surface area contributed by atoms with Crippen LogP contribution >= 0.6 is 0 Å². The van der Waals surface area contributed by atoms with Gasteiger partial charge in [-0.2, -0.15) is 4.98 Å². The second kappa shape index (κ2) is 5.82. The topological polar surface area (TPSA) is 67.1 Å². The highest BCUT2D eigenvalue weighted by Crippen LogP contribution is 2.16. The Morgan fingerprint density at radius 2 is 2.41 bits per heavy atom. The molecule has 1 unspecified atom stereocenters. The highest BCUT2D eigenvalue weighted by atomic mass is 15.2. The molecule has 0 bridgehead atoms. The number of hydrogen-bond acceptors (Lipinski definition) is 5. The molecule has 0 aromatic carbocycles. The lowest BCUT2D eigenvalue weighted by Gasteiger charge is -2.34. The van der Waals surface area contributed by atoms with Gasteiger partial charge in [0.25, 0.3) is 0 Å². The van der Waals surface area contributed by atoms with Crippen LogP contribution in [0.3, 0.4) is 0 Å². The predicted molar refractivity (Wildman–Crippen MR) is 69.8 cm³/mol. The summed E-state index contributed by atoms with van der Waals surface area (Å²) in [7, 11) is 0. The summed E-state index contributed by atoms with van der Waals surface area (Å²) < 4.78 is 0. The number of hydrogen-bond donors (Lipinski definition) is 2. The maximum atomic E-state index is 5.62. The molecule has 2 rings (SSSR count). The Labute approximate surface area is 102 Å². The van der Waals surface area contributed by atoms with Gasteiger partial charge in [0.15, 0.2) is 0 Å². The Morgan fingerprint density at radius 1 is 1.53 bits per heavy atom. The minimum absolute atomic E-state index is 0.512. The molecule has 0 amide bonds. The average molecular weight is 235 g/mol. The summed E-state index contributed by atoms with van der Waals surface area (Å²) in [6.07, 6.45) is 5.58. The molecule has 1 atom stereocenters. The van der Waals surface area contributed by atoms with Gasteiger partial charge in [0.05, 0.1) is 0 Å². The minimum Gasteiger partial charge on any atom is -0.384 e. The Morgan fingerprint density at radius 3 is 3.18 bits per heavy atom. The molecule has 1 aromatic heterocycles. The zero-order chi connectivity index (χ0) is 12.1. The SMILES string of the molecule is CCN1CCCCC1CNc1nccc(N)n1. The van der Waals surface area contributed by atoms with Gasteiger partial charge in [0, 0.05) is 18.8 Å². The Bertz CT molecular complexity index is 355. The number of nitrogens with one attached hydrogen (secondary N) is 1. The third-order valence-corrected chi connectivity index (χ3v) is 3.33. The molecular formula is C12H21N5. The lowest BCUT2D eigenvalue weighted by atomic mass is 10.0. The number of nitrogens with two attached hydrogens (primary N) is 1. The molecule has 94 valence electrons. The molecule has 1 fully saturated rings. The third kappa shape index (κ3) is 3.30. The maximum absolute atomic E-state index is 5.62. The van der Waals surface area contributed by atoms with E-state index in [0.29, 0.717) is 17.8 Å². The smallest absolute Gasteiger partial charge is 0.224 e. The van der Waals surface area contributed by atoms with E-state index in [1.54, 1.807) is 12.3 Å². The number of nitrogen functional groups attached to an aromatic ring is 1. The van der Waals surface area contributed by atoms with Gasteiger partial charge in [0.1, 0.15) is 5.82 Å². The van der Waals surface area contributed by atoms with Gasteiger partial charge in [0.2, 0.25) is 5.95 Å². The largest absolute Gasteiger partial charge is 0.384 e. The predicted octanol–water partition coefficient (Wildman–Crippen LogP) is 1.35. The molecule has 1 aliphatic rings. The first-order valence-electron chi connectivity index (χ1n) is 6.36.